The van der Waals surface area contributed by atoms with Gasteiger partial charge in [0.15, 0.2) is 11.5 Å². The van der Waals surface area contributed by atoms with E-state index in [0.717, 1.165) is 16.7 Å². The predicted molar refractivity (Wildman–Crippen MR) is 137 cm³/mol. The molecule has 35 heavy (non-hydrogen) atoms. The molecular weight excluding hydrogens is 440 g/mol. The molecule has 6 heteroatoms. The van der Waals surface area contributed by atoms with Gasteiger partial charge in [0.25, 0.3) is 0 Å². The molecule has 3 rings (SSSR count). The van der Waals surface area contributed by atoms with Crippen LogP contribution >= 0.6 is 0 Å². The Kier molecular flexibility index (Phi) is 9.72. The van der Waals surface area contributed by atoms with E-state index >= 15 is 0 Å². The average Bonchev–Trinajstić information content (AvgIpc) is 2.89. The first-order valence-corrected chi connectivity index (χ1v) is 11.9. The van der Waals surface area contributed by atoms with Gasteiger partial charge in [0, 0.05) is 19.5 Å². The summed E-state index contributed by atoms with van der Waals surface area (Å²) in [5, 5.41) is 3.05. The fourth-order valence-electron chi connectivity index (χ4n) is 4.03. The molecule has 0 radical (unpaired) electrons. The number of nitrogens with zero attached hydrogens (tertiary/aromatic N) is 1. The van der Waals surface area contributed by atoms with Crippen molar-refractivity contribution >= 4 is 11.8 Å². The maximum Gasteiger partial charge on any atom is 0.247 e. The molecule has 1 unspecified atom stereocenters. The number of nitrogens with one attached hydrogen (secondary N) is 1. The third kappa shape index (κ3) is 7.09. The van der Waals surface area contributed by atoms with Gasteiger partial charge in [-0.05, 0) is 41.7 Å². The zero-order chi connectivity index (χ0) is 25.0. The van der Waals surface area contributed by atoms with E-state index in [2.05, 4.69) is 5.32 Å². The summed E-state index contributed by atoms with van der Waals surface area (Å²) in [7, 11) is 3.20. The number of rotatable bonds is 12. The van der Waals surface area contributed by atoms with Gasteiger partial charge < -0.3 is 19.7 Å². The molecule has 0 saturated carbocycles. The fraction of sp³-hybridized carbons (Fsp3) is 0.310. The van der Waals surface area contributed by atoms with Crippen molar-refractivity contribution in [3.8, 4) is 11.5 Å². The van der Waals surface area contributed by atoms with Crippen molar-refractivity contribution in [2.75, 3.05) is 20.8 Å². The molecule has 3 aromatic carbocycles. The average molecular weight is 475 g/mol. The van der Waals surface area contributed by atoms with Crippen LogP contribution in [0.2, 0.25) is 0 Å². The van der Waals surface area contributed by atoms with E-state index in [0.29, 0.717) is 43.9 Å². The molecular formula is C29H34N2O4. The Morgan fingerprint density at radius 2 is 1.51 bits per heavy atom. The topological polar surface area (TPSA) is 67.9 Å². The molecule has 1 atom stereocenters. The van der Waals surface area contributed by atoms with Crippen LogP contribution in [0.1, 0.15) is 42.5 Å². The largest absolute Gasteiger partial charge is 0.493 e. The predicted octanol–water partition coefficient (Wildman–Crippen LogP) is 4.93. The number of methoxy groups -OCH3 is 2. The quantitative estimate of drug-likeness (QED) is 0.404. The third-order valence-electron chi connectivity index (χ3n) is 5.82. The number of amides is 2. The molecule has 0 aliphatic heterocycles. The molecule has 1 N–H and O–H groups in total. The maximum absolute atomic E-state index is 13.5. The number of hydrogen-bond donors (Lipinski definition) is 1. The first-order valence-electron chi connectivity index (χ1n) is 11.9. The molecule has 0 spiro atoms. The minimum absolute atomic E-state index is 0.0414. The summed E-state index contributed by atoms with van der Waals surface area (Å²) >= 11 is 0. The summed E-state index contributed by atoms with van der Waals surface area (Å²) in [6.07, 6.45) is 1.72. The van der Waals surface area contributed by atoms with Crippen molar-refractivity contribution in [1.82, 2.24) is 10.2 Å². The smallest absolute Gasteiger partial charge is 0.247 e. The Balaban J connectivity index is 1.81. The Morgan fingerprint density at radius 1 is 0.857 bits per heavy atom. The number of carbonyl (C=O) groups excluding carboxylic acids is 2. The lowest BCUT2D eigenvalue weighted by molar-refractivity contribution is -0.141. The van der Waals surface area contributed by atoms with Crippen LogP contribution in [0.15, 0.2) is 78.9 Å². The highest BCUT2D eigenvalue weighted by atomic mass is 16.5. The maximum atomic E-state index is 13.5. The van der Waals surface area contributed by atoms with Crippen LogP contribution in [0, 0.1) is 0 Å². The van der Waals surface area contributed by atoms with Crippen LogP contribution in [0.3, 0.4) is 0 Å². The van der Waals surface area contributed by atoms with Gasteiger partial charge in [0.2, 0.25) is 11.8 Å². The number of carbonyl (C=O) groups is 2. The second kappa shape index (κ2) is 13.2. The second-order valence-electron chi connectivity index (χ2n) is 8.30. The summed E-state index contributed by atoms with van der Waals surface area (Å²) in [6.45, 7) is 2.76. The van der Waals surface area contributed by atoms with Crippen molar-refractivity contribution in [1.29, 1.82) is 0 Å². The highest BCUT2D eigenvalue weighted by Gasteiger charge is 2.30. The highest BCUT2D eigenvalue weighted by molar-refractivity contribution is 5.88. The Hall–Kier alpha value is -3.80. The van der Waals surface area contributed by atoms with E-state index in [1.807, 2.05) is 85.8 Å². The van der Waals surface area contributed by atoms with E-state index in [1.54, 1.807) is 19.1 Å². The van der Waals surface area contributed by atoms with Crippen molar-refractivity contribution < 1.29 is 19.1 Å². The van der Waals surface area contributed by atoms with Crippen LogP contribution in [-0.2, 0) is 22.6 Å². The number of benzene rings is 3. The molecule has 0 heterocycles. The van der Waals surface area contributed by atoms with E-state index in [4.69, 9.17) is 9.47 Å². The molecule has 6 nitrogen and oxygen atoms in total. The molecule has 0 saturated heterocycles. The summed E-state index contributed by atoms with van der Waals surface area (Å²) in [6, 6.07) is 24.3. The Bertz CT molecular complexity index is 1090. The van der Waals surface area contributed by atoms with Gasteiger partial charge in [0.05, 0.1) is 14.2 Å². The molecule has 0 bridgehead atoms. The minimum Gasteiger partial charge on any atom is -0.493 e. The second-order valence-corrected chi connectivity index (χ2v) is 8.30. The molecule has 0 fully saturated rings. The Labute approximate surface area is 207 Å². The highest BCUT2D eigenvalue weighted by Crippen LogP contribution is 2.28. The van der Waals surface area contributed by atoms with Gasteiger partial charge in [-0.1, -0.05) is 73.7 Å². The lowest BCUT2D eigenvalue weighted by atomic mass is 10.0. The lowest BCUT2D eigenvalue weighted by Gasteiger charge is -2.31. The molecule has 3 aromatic rings. The van der Waals surface area contributed by atoms with Crippen molar-refractivity contribution in [2.45, 2.75) is 38.8 Å². The summed E-state index contributed by atoms with van der Waals surface area (Å²) in [4.78, 5) is 28.5. The summed E-state index contributed by atoms with van der Waals surface area (Å²) in [5.41, 5.74) is 2.79. The van der Waals surface area contributed by atoms with Crippen molar-refractivity contribution in [3.63, 3.8) is 0 Å². The summed E-state index contributed by atoms with van der Waals surface area (Å²) in [5.74, 6) is 1.07. The van der Waals surface area contributed by atoms with Gasteiger partial charge >= 0.3 is 0 Å². The minimum atomic E-state index is -0.721. The summed E-state index contributed by atoms with van der Waals surface area (Å²) < 4.78 is 10.7. The van der Waals surface area contributed by atoms with Crippen LogP contribution in [0.5, 0.6) is 11.5 Å². The van der Waals surface area contributed by atoms with E-state index in [9.17, 15) is 9.59 Å². The zero-order valence-electron chi connectivity index (χ0n) is 20.7. The van der Waals surface area contributed by atoms with Gasteiger partial charge in [-0.2, -0.15) is 0 Å². The first-order chi connectivity index (χ1) is 17.1. The van der Waals surface area contributed by atoms with Gasteiger partial charge in [0.1, 0.15) is 6.04 Å². The Morgan fingerprint density at radius 3 is 2.14 bits per heavy atom. The molecule has 0 aliphatic carbocycles. The van der Waals surface area contributed by atoms with Crippen LogP contribution in [0.4, 0.5) is 0 Å². The van der Waals surface area contributed by atoms with E-state index in [-0.39, 0.29) is 11.8 Å². The third-order valence-corrected chi connectivity index (χ3v) is 5.82. The monoisotopic (exact) mass is 474 g/mol. The molecule has 2 amide bonds. The van der Waals surface area contributed by atoms with Crippen LogP contribution in [-0.4, -0.2) is 37.5 Å². The first kappa shape index (κ1) is 25.8. The van der Waals surface area contributed by atoms with Crippen molar-refractivity contribution in [2.24, 2.45) is 0 Å². The lowest BCUT2D eigenvalue weighted by Crippen LogP contribution is -2.43. The van der Waals surface area contributed by atoms with Gasteiger partial charge in [-0.25, -0.2) is 0 Å². The number of ether oxygens (including phenoxy) is 2. The normalized spacial score (nSPS) is 11.4. The van der Waals surface area contributed by atoms with E-state index in [1.165, 1.54) is 0 Å². The standard InChI is InChI=1S/C29H34N2O4/c1-4-11-27(32)31(21-23-12-7-5-8-13-23)28(24-14-9-6-10-15-24)29(33)30-19-18-22-16-17-25(34-2)26(20-22)35-3/h5-10,12-17,20,28H,4,11,18-19,21H2,1-3H3,(H,30,33). The molecule has 0 aliphatic rings. The fourth-order valence-corrected chi connectivity index (χ4v) is 4.03. The molecule has 0 aromatic heterocycles. The van der Waals surface area contributed by atoms with Gasteiger partial charge in [-0.3, -0.25) is 9.59 Å². The number of hydrogen-bond acceptors (Lipinski definition) is 4. The van der Waals surface area contributed by atoms with Gasteiger partial charge in [-0.15, -0.1) is 0 Å². The van der Waals surface area contributed by atoms with Crippen molar-refractivity contribution in [3.05, 3.63) is 95.6 Å². The van der Waals surface area contributed by atoms with Crippen LogP contribution in [0.25, 0.3) is 0 Å². The van der Waals surface area contributed by atoms with E-state index < -0.39 is 6.04 Å². The SMILES string of the molecule is CCCC(=O)N(Cc1ccccc1)C(C(=O)NCCc1ccc(OC)c(OC)c1)c1ccccc1. The zero-order valence-corrected chi connectivity index (χ0v) is 20.7. The van der Waals surface area contributed by atoms with Crippen LogP contribution < -0.4 is 14.8 Å². The molecule has 184 valence electrons.